The zero-order valence-electron chi connectivity index (χ0n) is 23.4. The van der Waals surface area contributed by atoms with E-state index in [1.807, 2.05) is 75.9 Å². The molecule has 0 aliphatic heterocycles. The van der Waals surface area contributed by atoms with Gasteiger partial charge in [0.25, 0.3) is 0 Å². The van der Waals surface area contributed by atoms with Crippen molar-refractivity contribution < 1.29 is 0 Å². The molecule has 0 aliphatic carbocycles. The molecule has 5 heterocycles. The van der Waals surface area contributed by atoms with Crippen LogP contribution in [0.3, 0.4) is 0 Å². The maximum absolute atomic E-state index is 5.15. The minimum Gasteiger partial charge on any atom is -0.262 e. The number of pyridine rings is 2. The Balaban J connectivity index is 1.37. The summed E-state index contributed by atoms with van der Waals surface area (Å²) in [6.07, 6.45) is 3.61. The molecule has 0 saturated carbocycles. The third-order valence-electron chi connectivity index (χ3n) is 8.11. The quantitative estimate of drug-likeness (QED) is 0.215. The van der Waals surface area contributed by atoms with Gasteiger partial charge in [0, 0.05) is 39.5 Å². The van der Waals surface area contributed by atoms with E-state index in [1.54, 1.807) is 12.4 Å². The van der Waals surface area contributed by atoms with Crippen LogP contribution in [0.4, 0.5) is 0 Å². The van der Waals surface area contributed by atoms with Crippen LogP contribution in [0.25, 0.3) is 78.3 Å². The topological polar surface area (TPSA) is 74.3 Å². The van der Waals surface area contributed by atoms with E-state index < -0.39 is 0 Å². The van der Waals surface area contributed by atoms with Gasteiger partial charge in [-0.1, -0.05) is 84.9 Å². The van der Waals surface area contributed by atoms with Gasteiger partial charge in [0.2, 0.25) is 11.9 Å². The summed E-state index contributed by atoms with van der Waals surface area (Å²) in [6, 6.07) is 43.3. The molecule has 0 bridgehead atoms. The summed E-state index contributed by atoms with van der Waals surface area (Å²) in [5, 5.41) is 4.25. The van der Waals surface area contributed by atoms with Gasteiger partial charge in [0.05, 0.1) is 11.0 Å². The van der Waals surface area contributed by atoms with Gasteiger partial charge in [0.15, 0.2) is 5.82 Å². The lowest BCUT2D eigenvalue weighted by Gasteiger charge is -2.12. The Hall–Kier alpha value is -6.21. The van der Waals surface area contributed by atoms with Gasteiger partial charge in [-0.25, -0.2) is 9.97 Å². The monoisotopic (exact) mass is 565 g/mol. The summed E-state index contributed by atoms with van der Waals surface area (Å²) < 4.78 is 4.06. The zero-order valence-corrected chi connectivity index (χ0v) is 23.4. The van der Waals surface area contributed by atoms with E-state index in [2.05, 4.69) is 60.7 Å². The Kier molecular flexibility index (Phi) is 5.36. The summed E-state index contributed by atoms with van der Waals surface area (Å²) in [4.78, 5) is 25.0. The standard InChI is InChI=1S/C37H23N7/c1-2-11-24(12-3-1)25-13-8-14-26(23-25)33-40-36(43-31-19-6-4-15-27(31)29-17-9-21-38-34(29)43)42-37(41-33)44-32-20-7-5-16-28(32)30-18-10-22-39-35(30)44/h1-23H. The molecule has 0 saturated heterocycles. The SMILES string of the molecule is c1ccc(-c2cccc(-c3nc(-n4c5ccccc5c5cccnc54)nc(-n4c5ccccc5c5cccnc54)n3)c2)cc1. The third kappa shape index (κ3) is 3.73. The van der Waals surface area contributed by atoms with Crippen molar-refractivity contribution in [2.75, 3.05) is 0 Å². The molecule has 0 amide bonds. The van der Waals surface area contributed by atoms with Gasteiger partial charge in [-0.15, -0.1) is 0 Å². The van der Waals surface area contributed by atoms with Gasteiger partial charge >= 0.3 is 0 Å². The summed E-state index contributed by atoms with van der Waals surface area (Å²) >= 11 is 0. The van der Waals surface area contributed by atoms with Gasteiger partial charge in [-0.3, -0.25) is 9.13 Å². The number of hydrogen-bond donors (Lipinski definition) is 0. The highest BCUT2D eigenvalue weighted by Crippen LogP contribution is 2.33. The molecular formula is C37H23N7. The highest BCUT2D eigenvalue weighted by atomic mass is 15.3. The number of aromatic nitrogens is 7. The molecule has 7 heteroatoms. The Morgan fingerprint density at radius 1 is 0.386 bits per heavy atom. The van der Waals surface area contributed by atoms with Crippen molar-refractivity contribution in [1.29, 1.82) is 0 Å². The van der Waals surface area contributed by atoms with E-state index in [0.717, 1.165) is 60.6 Å². The number of nitrogens with zero attached hydrogens (tertiary/aromatic N) is 7. The van der Waals surface area contributed by atoms with E-state index in [1.165, 1.54) is 0 Å². The normalized spacial score (nSPS) is 11.6. The molecule has 9 aromatic rings. The Morgan fingerprint density at radius 2 is 0.886 bits per heavy atom. The first-order valence-corrected chi connectivity index (χ1v) is 14.4. The molecule has 0 spiro atoms. The maximum Gasteiger partial charge on any atom is 0.241 e. The van der Waals surface area contributed by atoms with Crippen LogP contribution in [0, 0.1) is 0 Å². The van der Waals surface area contributed by atoms with Crippen LogP contribution >= 0.6 is 0 Å². The molecule has 44 heavy (non-hydrogen) atoms. The molecule has 206 valence electrons. The Bertz CT molecular complexity index is 2270. The van der Waals surface area contributed by atoms with Crippen molar-refractivity contribution in [1.82, 2.24) is 34.1 Å². The number of rotatable bonds is 4. The predicted octanol–water partition coefficient (Wildman–Crippen LogP) is 8.19. The lowest BCUT2D eigenvalue weighted by molar-refractivity contribution is 0.884. The number of benzene rings is 4. The average molecular weight is 566 g/mol. The summed E-state index contributed by atoms with van der Waals surface area (Å²) in [5.41, 5.74) is 6.63. The highest BCUT2D eigenvalue weighted by molar-refractivity contribution is 6.08. The first kappa shape index (κ1) is 24.4. The minimum atomic E-state index is 0.488. The van der Waals surface area contributed by atoms with Crippen molar-refractivity contribution in [3.05, 3.63) is 140 Å². The molecule has 0 radical (unpaired) electrons. The van der Waals surface area contributed by atoms with Gasteiger partial charge < -0.3 is 0 Å². The van der Waals surface area contributed by atoms with Crippen LogP contribution in [-0.2, 0) is 0 Å². The smallest absolute Gasteiger partial charge is 0.241 e. The molecule has 0 unspecified atom stereocenters. The lowest BCUT2D eigenvalue weighted by Crippen LogP contribution is -2.11. The van der Waals surface area contributed by atoms with E-state index in [0.29, 0.717) is 17.7 Å². The molecule has 4 aromatic carbocycles. The second kappa shape index (κ2) is 9.68. The van der Waals surface area contributed by atoms with Gasteiger partial charge in [-0.2, -0.15) is 15.0 Å². The van der Waals surface area contributed by atoms with Crippen molar-refractivity contribution >= 4 is 43.9 Å². The largest absolute Gasteiger partial charge is 0.262 e. The zero-order chi connectivity index (χ0) is 29.0. The fourth-order valence-corrected chi connectivity index (χ4v) is 6.15. The highest BCUT2D eigenvalue weighted by Gasteiger charge is 2.21. The maximum atomic E-state index is 5.15. The lowest BCUT2D eigenvalue weighted by atomic mass is 10.0. The summed E-state index contributed by atoms with van der Waals surface area (Å²) in [5.74, 6) is 1.54. The third-order valence-corrected chi connectivity index (χ3v) is 8.11. The van der Waals surface area contributed by atoms with Crippen LogP contribution in [0.15, 0.2) is 140 Å². The molecule has 0 aliphatic rings. The average Bonchev–Trinajstić information content (AvgIpc) is 3.62. The van der Waals surface area contributed by atoms with Crippen molar-refractivity contribution in [2.24, 2.45) is 0 Å². The fourth-order valence-electron chi connectivity index (χ4n) is 6.15. The van der Waals surface area contributed by atoms with Crippen LogP contribution in [0.1, 0.15) is 0 Å². The summed E-state index contributed by atoms with van der Waals surface area (Å²) in [6.45, 7) is 0. The number of fused-ring (bicyclic) bond motifs is 6. The van der Waals surface area contributed by atoms with Crippen molar-refractivity contribution in [3.8, 4) is 34.4 Å². The van der Waals surface area contributed by atoms with Crippen LogP contribution in [0.2, 0.25) is 0 Å². The first-order valence-electron chi connectivity index (χ1n) is 14.4. The van der Waals surface area contributed by atoms with E-state index in [4.69, 9.17) is 24.9 Å². The molecule has 0 fully saturated rings. The van der Waals surface area contributed by atoms with Gasteiger partial charge in [-0.05, 0) is 53.6 Å². The molecule has 7 nitrogen and oxygen atoms in total. The van der Waals surface area contributed by atoms with Crippen LogP contribution in [-0.4, -0.2) is 34.1 Å². The van der Waals surface area contributed by atoms with E-state index in [9.17, 15) is 0 Å². The summed E-state index contributed by atoms with van der Waals surface area (Å²) in [7, 11) is 0. The minimum absolute atomic E-state index is 0.488. The number of hydrogen-bond acceptors (Lipinski definition) is 5. The molecular weight excluding hydrogens is 542 g/mol. The molecule has 0 atom stereocenters. The number of para-hydroxylation sites is 2. The van der Waals surface area contributed by atoms with Gasteiger partial charge in [0.1, 0.15) is 11.3 Å². The second-order valence-electron chi connectivity index (χ2n) is 10.7. The fraction of sp³-hybridized carbons (Fsp3) is 0. The van der Waals surface area contributed by atoms with E-state index in [-0.39, 0.29) is 0 Å². The van der Waals surface area contributed by atoms with Crippen molar-refractivity contribution in [3.63, 3.8) is 0 Å². The first-order chi connectivity index (χ1) is 21.8. The van der Waals surface area contributed by atoms with Crippen LogP contribution < -0.4 is 0 Å². The molecule has 9 rings (SSSR count). The van der Waals surface area contributed by atoms with Crippen LogP contribution in [0.5, 0.6) is 0 Å². The van der Waals surface area contributed by atoms with E-state index >= 15 is 0 Å². The Morgan fingerprint density at radius 3 is 1.50 bits per heavy atom. The Labute approximate surface area is 251 Å². The molecule has 0 N–H and O–H groups in total. The predicted molar refractivity (Wildman–Crippen MR) is 175 cm³/mol. The van der Waals surface area contributed by atoms with Crippen molar-refractivity contribution in [2.45, 2.75) is 0 Å². The second-order valence-corrected chi connectivity index (χ2v) is 10.7. The molecule has 5 aromatic heterocycles.